The van der Waals surface area contributed by atoms with Crippen LogP contribution in [0.4, 0.5) is 5.82 Å². The van der Waals surface area contributed by atoms with Gasteiger partial charge in [0.2, 0.25) is 0 Å². The van der Waals surface area contributed by atoms with Crippen LogP contribution in [0.15, 0.2) is 30.7 Å². The number of amides is 1. The average molecular weight is 282 g/mol. The summed E-state index contributed by atoms with van der Waals surface area (Å²) < 4.78 is 1.76. The third-order valence-corrected chi connectivity index (χ3v) is 3.63. The highest BCUT2D eigenvalue weighted by Gasteiger charge is 2.27. The Kier molecular flexibility index (Phi) is 3.28. The van der Waals surface area contributed by atoms with Crippen molar-refractivity contribution >= 4 is 11.7 Å². The lowest BCUT2D eigenvalue weighted by molar-refractivity contribution is 0.1000. The van der Waals surface area contributed by atoms with Crippen molar-refractivity contribution in [3.05, 3.63) is 41.9 Å². The quantitative estimate of drug-likeness (QED) is 0.893. The highest BCUT2D eigenvalue weighted by atomic mass is 16.1. The van der Waals surface area contributed by atoms with Crippen LogP contribution in [0.5, 0.6) is 0 Å². The average Bonchev–Trinajstić information content (AvgIpc) is 3.16. The second kappa shape index (κ2) is 5.25. The van der Waals surface area contributed by atoms with E-state index in [0.717, 1.165) is 13.0 Å². The first-order valence-electron chi connectivity index (χ1n) is 6.63. The van der Waals surface area contributed by atoms with E-state index in [2.05, 4.69) is 21.1 Å². The molecule has 21 heavy (non-hydrogen) atoms. The van der Waals surface area contributed by atoms with Crippen molar-refractivity contribution < 1.29 is 4.79 Å². The molecule has 2 N–H and O–H groups in total. The largest absolute Gasteiger partial charge is 0.366 e. The zero-order valence-corrected chi connectivity index (χ0v) is 11.3. The molecule has 1 amide bonds. The molecule has 0 aliphatic carbocycles. The van der Waals surface area contributed by atoms with E-state index in [1.807, 2.05) is 0 Å². The van der Waals surface area contributed by atoms with Gasteiger partial charge >= 0.3 is 0 Å². The molecule has 0 saturated carbocycles. The maximum atomic E-state index is 11.1. The van der Waals surface area contributed by atoms with Gasteiger partial charge in [0, 0.05) is 25.5 Å². The number of anilines is 1. The van der Waals surface area contributed by atoms with Gasteiger partial charge in [-0.05, 0) is 18.6 Å². The molecule has 2 aromatic heterocycles. The van der Waals surface area contributed by atoms with Crippen molar-refractivity contribution in [1.29, 1.82) is 5.26 Å². The number of nitrogens with two attached hydrogens (primary N) is 1. The van der Waals surface area contributed by atoms with Gasteiger partial charge in [0.05, 0.1) is 23.4 Å². The molecule has 1 unspecified atom stereocenters. The van der Waals surface area contributed by atoms with Gasteiger partial charge in [-0.3, -0.25) is 9.48 Å². The Bertz CT molecular complexity index is 716. The summed E-state index contributed by atoms with van der Waals surface area (Å²) in [5.41, 5.74) is 6.21. The van der Waals surface area contributed by atoms with Gasteiger partial charge in [-0.1, -0.05) is 0 Å². The highest BCUT2D eigenvalue weighted by molar-refractivity contribution is 5.92. The van der Waals surface area contributed by atoms with Crippen LogP contribution in [0.3, 0.4) is 0 Å². The second-order valence-corrected chi connectivity index (χ2v) is 4.95. The highest BCUT2D eigenvalue weighted by Crippen LogP contribution is 2.27. The van der Waals surface area contributed by atoms with E-state index in [0.29, 0.717) is 23.5 Å². The number of nitriles is 1. The number of carbonyl (C=O) groups excluding carboxylic acids is 1. The predicted octanol–water partition coefficient (Wildman–Crippen LogP) is 0.700. The normalized spacial score (nSPS) is 17.7. The number of hydrogen-bond donors (Lipinski definition) is 1. The molecule has 7 heteroatoms. The fraction of sp³-hybridized carbons (Fsp3) is 0.286. The molecule has 2 aromatic rings. The van der Waals surface area contributed by atoms with E-state index < -0.39 is 5.91 Å². The number of hydrogen-bond acceptors (Lipinski definition) is 5. The van der Waals surface area contributed by atoms with Crippen LogP contribution in [-0.4, -0.2) is 33.8 Å². The van der Waals surface area contributed by atoms with Crippen molar-refractivity contribution in [2.45, 2.75) is 12.5 Å². The van der Waals surface area contributed by atoms with Gasteiger partial charge in [0.1, 0.15) is 11.9 Å². The van der Waals surface area contributed by atoms with Gasteiger partial charge in [-0.15, -0.1) is 0 Å². The minimum Gasteiger partial charge on any atom is -0.366 e. The molecule has 3 heterocycles. The monoisotopic (exact) mass is 282 g/mol. The van der Waals surface area contributed by atoms with E-state index >= 15 is 0 Å². The van der Waals surface area contributed by atoms with Crippen molar-refractivity contribution in [3.63, 3.8) is 0 Å². The van der Waals surface area contributed by atoms with Crippen molar-refractivity contribution in [2.24, 2.45) is 5.73 Å². The van der Waals surface area contributed by atoms with Gasteiger partial charge in [-0.2, -0.15) is 10.4 Å². The van der Waals surface area contributed by atoms with Crippen molar-refractivity contribution in [3.8, 4) is 6.07 Å². The Labute approximate surface area is 121 Å². The summed E-state index contributed by atoms with van der Waals surface area (Å²) in [4.78, 5) is 17.5. The van der Waals surface area contributed by atoms with E-state index in [1.54, 1.807) is 29.2 Å². The third kappa shape index (κ3) is 2.43. The zero-order chi connectivity index (χ0) is 14.8. The fourth-order valence-electron chi connectivity index (χ4n) is 2.55. The zero-order valence-electron chi connectivity index (χ0n) is 11.3. The lowest BCUT2D eigenvalue weighted by atomic mass is 10.2. The molecule has 0 spiro atoms. The number of primary amides is 1. The standard InChI is InChI=1S/C14H14N6O/c15-6-10-2-1-4-17-14(10)19-5-3-12(9-19)20-8-11(7-18-20)13(16)21/h1-2,4,7-8,12H,3,5,9H2,(H2,16,21). The van der Waals surface area contributed by atoms with Gasteiger partial charge < -0.3 is 10.6 Å². The number of aromatic nitrogens is 3. The molecule has 1 saturated heterocycles. The molecule has 0 aromatic carbocycles. The molecular weight excluding hydrogens is 268 g/mol. The van der Waals surface area contributed by atoms with E-state index in [-0.39, 0.29) is 6.04 Å². The molecule has 3 rings (SSSR count). The van der Waals surface area contributed by atoms with Crippen LogP contribution < -0.4 is 10.6 Å². The Morgan fingerprint density at radius 1 is 1.52 bits per heavy atom. The van der Waals surface area contributed by atoms with Crippen molar-refractivity contribution in [1.82, 2.24) is 14.8 Å². The minimum absolute atomic E-state index is 0.145. The summed E-state index contributed by atoms with van der Waals surface area (Å²) in [6, 6.07) is 5.81. The summed E-state index contributed by atoms with van der Waals surface area (Å²) >= 11 is 0. The molecule has 7 nitrogen and oxygen atoms in total. The Balaban J connectivity index is 1.79. The molecule has 1 fully saturated rings. The Morgan fingerprint density at radius 2 is 2.38 bits per heavy atom. The summed E-state index contributed by atoms with van der Waals surface area (Å²) in [7, 11) is 0. The molecule has 0 radical (unpaired) electrons. The predicted molar refractivity (Wildman–Crippen MR) is 75.6 cm³/mol. The van der Waals surface area contributed by atoms with E-state index in [4.69, 9.17) is 11.0 Å². The molecule has 1 atom stereocenters. The third-order valence-electron chi connectivity index (χ3n) is 3.63. The number of carbonyl (C=O) groups is 1. The first kappa shape index (κ1) is 13.1. The Morgan fingerprint density at radius 3 is 3.10 bits per heavy atom. The lowest BCUT2D eigenvalue weighted by Gasteiger charge is -2.18. The lowest BCUT2D eigenvalue weighted by Crippen LogP contribution is -2.23. The van der Waals surface area contributed by atoms with Crippen LogP contribution in [-0.2, 0) is 0 Å². The van der Waals surface area contributed by atoms with Crippen LogP contribution in [0.2, 0.25) is 0 Å². The molecule has 1 aliphatic rings. The summed E-state index contributed by atoms with van der Waals surface area (Å²) in [5, 5.41) is 13.3. The number of nitrogens with zero attached hydrogens (tertiary/aromatic N) is 5. The van der Waals surface area contributed by atoms with Crippen LogP contribution in [0, 0.1) is 11.3 Å². The van der Waals surface area contributed by atoms with Crippen molar-refractivity contribution in [2.75, 3.05) is 18.0 Å². The van der Waals surface area contributed by atoms with Crippen LogP contribution in [0.25, 0.3) is 0 Å². The fourth-order valence-corrected chi connectivity index (χ4v) is 2.55. The first-order chi connectivity index (χ1) is 10.2. The molecule has 1 aliphatic heterocycles. The number of pyridine rings is 1. The van der Waals surface area contributed by atoms with E-state index in [9.17, 15) is 4.79 Å². The number of rotatable bonds is 3. The van der Waals surface area contributed by atoms with Crippen LogP contribution in [0.1, 0.15) is 28.4 Å². The summed E-state index contributed by atoms with van der Waals surface area (Å²) in [5.74, 6) is 0.220. The van der Waals surface area contributed by atoms with Crippen LogP contribution >= 0.6 is 0 Å². The minimum atomic E-state index is -0.479. The topological polar surface area (TPSA) is 101 Å². The van der Waals surface area contributed by atoms with Gasteiger partial charge in [-0.25, -0.2) is 4.98 Å². The summed E-state index contributed by atoms with van der Waals surface area (Å²) in [6.45, 7) is 1.49. The molecule has 106 valence electrons. The van der Waals surface area contributed by atoms with Gasteiger partial charge in [0.25, 0.3) is 5.91 Å². The molecular formula is C14H14N6O. The van der Waals surface area contributed by atoms with Gasteiger partial charge in [0.15, 0.2) is 0 Å². The first-order valence-corrected chi connectivity index (χ1v) is 6.63. The smallest absolute Gasteiger partial charge is 0.251 e. The summed E-state index contributed by atoms with van der Waals surface area (Å²) in [6.07, 6.45) is 5.70. The maximum Gasteiger partial charge on any atom is 0.251 e. The molecule has 0 bridgehead atoms. The Hall–Kier alpha value is -2.88. The maximum absolute atomic E-state index is 11.1. The second-order valence-electron chi connectivity index (χ2n) is 4.95. The SMILES string of the molecule is N#Cc1cccnc1N1CCC(n2cc(C(N)=O)cn2)C1. The van der Waals surface area contributed by atoms with E-state index in [1.165, 1.54) is 6.20 Å².